The number of aryl methyl sites for hydroxylation is 2. The number of hydrogen-bond donors (Lipinski definition) is 1. The highest BCUT2D eigenvalue weighted by atomic mass is 32.1. The maximum absolute atomic E-state index is 13.8. The van der Waals surface area contributed by atoms with E-state index in [1.54, 1.807) is 12.1 Å². The van der Waals surface area contributed by atoms with Gasteiger partial charge in [-0.3, -0.25) is 0 Å². The Morgan fingerprint density at radius 1 is 1.28 bits per heavy atom. The van der Waals surface area contributed by atoms with E-state index in [2.05, 4.69) is 0 Å². The van der Waals surface area contributed by atoms with Gasteiger partial charge in [0.2, 0.25) is 0 Å². The molecule has 1 aromatic heterocycles. The zero-order valence-electron chi connectivity index (χ0n) is 10.5. The van der Waals surface area contributed by atoms with Crippen LogP contribution in [0.3, 0.4) is 0 Å². The molecule has 18 heavy (non-hydrogen) atoms. The summed E-state index contributed by atoms with van der Waals surface area (Å²) in [5.74, 6) is -0.00690. The van der Waals surface area contributed by atoms with E-state index >= 15 is 0 Å². The van der Waals surface area contributed by atoms with Gasteiger partial charge in [0, 0.05) is 21.4 Å². The summed E-state index contributed by atoms with van der Waals surface area (Å²) >= 11 is 1.49. The van der Waals surface area contributed by atoms with Gasteiger partial charge in [-0.2, -0.15) is 0 Å². The Hall–Kier alpha value is -1.39. The second-order valence-corrected chi connectivity index (χ2v) is 5.47. The van der Waals surface area contributed by atoms with E-state index in [-0.39, 0.29) is 5.56 Å². The molecule has 2 aromatic rings. The van der Waals surface area contributed by atoms with Crippen LogP contribution < -0.4 is 4.74 Å². The molecule has 0 aliphatic rings. The van der Waals surface area contributed by atoms with E-state index in [9.17, 15) is 9.50 Å². The summed E-state index contributed by atoms with van der Waals surface area (Å²) in [6.07, 6.45) is -0.923. The summed E-state index contributed by atoms with van der Waals surface area (Å²) < 4.78 is 18.8. The molecule has 1 heterocycles. The third-order valence-electron chi connectivity index (χ3n) is 2.96. The van der Waals surface area contributed by atoms with Gasteiger partial charge in [0.1, 0.15) is 17.7 Å². The van der Waals surface area contributed by atoms with Gasteiger partial charge in [-0.05, 0) is 37.6 Å². The maximum Gasteiger partial charge on any atom is 0.133 e. The highest BCUT2D eigenvalue weighted by Gasteiger charge is 2.18. The number of halogens is 1. The molecule has 1 N–H and O–H groups in total. The van der Waals surface area contributed by atoms with Gasteiger partial charge < -0.3 is 9.84 Å². The predicted octanol–water partition coefficient (Wildman–Crippen LogP) is 3.59. The van der Waals surface area contributed by atoms with Crippen LogP contribution in [0, 0.1) is 19.7 Å². The van der Waals surface area contributed by atoms with E-state index < -0.39 is 11.9 Å². The van der Waals surface area contributed by atoms with Gasteiger partial charge in [-0.15, -0.1) is 11.3 Å². The number of aliphatic hydroxyl groups excluding tert-OH is 1. The monoisotopic (exact) mass is 266 g/mol. The Kier molecular flexibility index (Phi) is 3.68. The zero-order valence-corrected chi connectivity index (χ0v) is 11.3. The molecule has 4 heteroatoms. The average molecular weight is 266 g/mol. The molecule has 0 amide bonds. The van der Waals surface area contributed by atoms with Crippen molar-refractivity contribution < 1.29 is 14.2 Å². The van der Waals surface area contributed by atoms with E-state index in [0.717, 1.165) is 15.3 Å². The Labute approximate surface area is 110 Å². The van der Waals surface area contributed by atoms with Crippen molar-refractivity contribution in [2.45, 2.75) is 20.0 Å². The third kappa shape index (κ3) is 2.40. The SMILES string of the molecule is COc1ccc(C(O)c2cc(C)c(C)s2)c(F)c1. The molecule has 0 aliphatic heterocycles. The Morgan fingerprint density at radius 2 is 2.00 bits per heavy atom. The standard InChI is InChI=1S/C14H15FO2S/c1-8-6-13(18-9(8)2)14(16)11-5-4-10(17-3)7-12(11)15/h4-7,14,16H,1-3H3. The summed E-state index contributed by atoms with van der Waals surface area (Å²) in [7, 11) is 1.48. The van der Waals surface area contributed by atoms with Crippen molar-refractivity contribution in [3.8, 4) is 5.75 Å². The van der Waals surface area contributed by atoms with Crippen molar-refractivity contribution >= 4 is 11.3 Å². The quantitative estimate of drug-likeness (QED) is 0.920. The fourth-order valence-corrected chi connectivity index (χ4v) is 2.79. The van der Waals surface area contributed by atoms with Gasteiger partial charge in [-0.25, -0.2) is 4.39 Å². The average Bonchev–Trinajstić information content (AvgIpc) is 2.68. The van der Waals surface area contributed by atoms with Crippen LogP contribution in [0.5, 0.6) is 5.75 Å². The molecular weight excluding hydrogens is 251 g/mol. The van der Waals surface area contributed by atoms with Crippen LogP contribution in [0.4, 0.5) is 4.39 Å². The van der Waals surface area contributed by atoms with Crippen molar-refractivity contribution in [2.24, 2.45) is 0 Å². The fraction of sp³-hybridized carbons (Fsp3) is 0.286. The second kappa shape index (κ2) is 5.08. The van der Waals surface area contributed by atoms with Crippen molar-refractivity contribution in [3.63, 3.8) is 0 Å². The van der Waals surface area contributed by atoms with Crippen LogP contribution >= 0.6 is 11.3 Å². The van der Waals surface area contributed by atoms with Crippen LogP contribution in [0.2, 0.25) is 0 Å². The van der Waals surface area contributed by atoms with Gasteiger partial charge in [0.15, 0.2) is 0 Å². The zero-order chi connectivity index (χ0) is 13.3. The first-order valence-electron chi connectivity index (χ1n) is 5.61. The van der Waals surface area contributed by atoms with Crippen LogP contribution in [0.25, 0.3) is 0 Å². The number of methoxy groups -OCH3 is 1. The van der Waals surface area contributed by atoms with E-state index in [0.29, 0.717) is 5.75 Å². The molecule has 0 radical (unpaired) electrons. The van der Waals surface area contributed by atoms with Crippen LogP contribution in [0.15, 0.2) is 24.3 Å². The molecule has 1 aromatic carbocycles. The Balaban J connectivity index is 2.36. The van der Waals surface area contributed by atoms with Crippen molar-refractivity contribution in [1.29, 1.82) is 0 Å². The number of benzene rings is 1. The Bertz CT molecular complexity index is 543. The van der Waals surface area contributed by atoms with Gasteiger partial charge in [0.25, 0.3) is 0 Å². The molecular formula is C14H15FO2S. The van der Waals surface area contributed by atoms with Crippen LogP contribution in [-0.2, 0) is 0 Å². The number of aliphatic hydroxyl groups is 1. The topological polar surface area (TPSA) is 29.5 Å². The van der Waals surface area contributed by atoms with Gasteiger partial charge >= 0.3 is 0 Å². The summed E-state index contributed by atoms with van der Waals surface area (Å²) in [5.41, 5.74) is 1.39. The summed E-state index contributed by atoms with van der Waals surface area (Å²) in [5, 5.41) is 10.2. The number of rotatable bonds is 3. The van der Waals surface area contributed by atoms with E-state index in [1.165, 1.54) is 24.5 Å². The number of thiophene rings is 1. The first-order chi connectivity index (χ1) is 8.52. The molecule has 0 saturated heterocycles. The molecule has 1 atom stereocenters. The maximum atomic E-state index is 13.8. The molecule has 96 valence electrons. The summed E-state index contributed by atoms with van der Waals surface area (Å²) in [6.45, 7) is 3.97. The molecule has 0 saturated carbocycles. The molecule has 2 nitrogen and oxygen atoms in total. The molecule has 0 spiro atoms. The number of hydrogen-bond acceptors (Lipinski definition) is 3. The largest absolute Gasteiger partial charge is 0.497 e. The fourth-order valence-electron chi connectivity index (χ4n) is 1.75. The minimum atomic E-state index is -0.923. The van der Waals surface area contributed by atoms with Gasteiger partial charge in [-0.1, -0.05) is 0 Å². The molecule has 2 rings (SSSR count). The lowest BCUT2D eigenvalue weighted by Crippen LogP contribution is -2.01. The number of ether oxygens (including phenoxy) is 1. The third-order valence-corrected chi connectivity index (χ3v) is 4.16. The van der Waals surface area contributed by atoms with E-state index in [1.807, 2.05) is 19.9 Å². The highest BCUT2D eigenvalue weighted by molar-refractivity contribution is 7.12. The first-order valence-corrected chi connectivity index (χ1v) is 6.43. The predicted molar refractivity (Wildman–Crippen MR) is 70.8 cm³/mol. The lowest BCUT2D eigenvalue weighted by molar-refractivity contribution is 0.218. The van der Waals surface area contributed by atoms with E-state index in [4.69, 9.17) is 4.74 Å². The second-order valence-electron chi connectivity index (χ2n) is 4.18. The van der Waals surface area contributed by atoms with Crippen LogP contribution in [-0.4, -0.2) is 12.2 Å². The minimum Gasteiger partial charge on any atom is -0.497 e. The highest BCUT2D eigenvalue weighted by Crippen LogP contribution is 2.32. The lowest BCUT2D eigenvalue weighted by atomic mass is 10.1. The molecule has 0 aliphatic carbocycles. The van der Waals surface area contributed by atoms with Crippen molar-refractivity contribution in [1.82, 2.24) is 0 Å². The summed E-state index contributed by atoms with van der Waals surface area (Å²) in [4.78, 5) is 1.90. The first kappa shape index (κ1) is 13.1. The Morgan fingerprint density at radius 3 is 2.50 bits per heavy atom. The minimum absolute atomic E-state index is 0.275. The molecule has 0 bridgehead atoms. The summed E-state index contributed by atoms with van der Waals surface area (Å²) in [6, 6.07) is 6.39. The molecule has 1 unspecified atom stereocenters. The van der Waals surface area contributed by atoms with Crippen LogP contribution in [0.1, 0.15) is 27.0 Å². The van der Waals surface area contributed by atoms with Crippen molar-refractivity contribution in [2.75, 3.05) is 7.11 Å². The van der Waals surface area contributed by atoms with Crippen molar-refractivity contribution in [3.05, 3.63) is 51.0 Å². The lowest BCUT2D eigenvalue weighted by Gasteiger charge is -2.11. The normalized spacial score (nSPS) is 12.5. The molecule has 0 fully saturated rings. The smallest absolute Gasteiger partial charge is 0.133 e. The van der Waals surface area contributed by atoms with Gasteiger partial charge in [0.05, 0.1) is 7.11 Å².